The SMILES string of the molecule is O=C(O)[C@@]1(O)C[C@@H](O)C[C@@H](C[C@H](O)CO)O1. The summed E-state index contributed by atoms with van der Waals surface area (Å²) in [6.07, 6.45) is -3.20. The number of aliphatic hydroxyl groups is 4. The van der Waals surface area contributed by atoms with Gasteiger partial charge in [0.1, 0.15) is 0 Å². The molecule has 1 aliphatic heterocycles. The smallest absolute Gasteiger partial charge is 0.364 e. The van der Waals surface area contributed by atoms with Crippen molar-refractivity contribution in [2.75, 3.05) is 6.61 Å². The Kier molecular flexibility index (Phi) is 4.22. The first-order chi connectivity index (χ1) is 7.37. The average molecular weight is 236 g/mol. The quantitative estimate of drug-likeness (QED) is 0.383. The van der Waals surface area contributed by atoms with E-state index in [-0.39, 0.29) is 12.8 Å². The Bertz CT molecular complexity index is 256. The summed E-state index contributed by atoms with van der Waals surface area (Å²) in [6, 6.07) is 0. The van der Waals surface area contributed by atoms with Crippen LogP contribution >= 0.6 is 0 Å². The molecule has 1 aliphatic rings. The molecular formula is C9H16O7. The summed E-state index contributed by atoms with van der Waals surface area (Å²) in [5.74, 6) is -3.99. The molecule has 1 rings (SSSR count). The van der Waals surface area contributed by atoms with Gasteiger partial charge in [-0.15, -0.1) is 0 Å². The van der Waals surface area contributed by atoms with Crippen molar-refractivity contribution in [1.82, 2.24) is 0 Å². The van der Waals surface area contributed by atoms with Gasteiger partial charge in [0, 0.05) is 12.8 Å². The van der Waals surface area contributed by atoms with Crippen LogP contribution in [0.4, 0.5) is 0 Å². The van der Waals surface area contributed by atoms with E-state index in [0.717, 1.165) is 0 Å². The zero-order valence-electron chi connectivity index (χ0n) is 8.61. The van der Waals surface area contributed by atoms with Crippen molar-refractivity contribution < 1.29 is 35.1 Å². The Hall–Kier alpha value is -0.730. The van der Waals surface area contributed by atoms with Crippen LogP contribution in [0.15, 0.2) is 0 Å². The van der Waals surface area contributed by atoms with Crippen LogP contribution in [0.2, 0.25) is 0 Å². The minimum Gasteiger partial charge on any atom is -0.477 e. The molecule has 4 atom stereocenters. The average Bonchev–Trinajstić information content (AvgIpc) is 2.15. The van der Waals surface area contributed by atoms with Gasteiger partial charge in [0.15, 0.2) is 0 Å². The van der Waals surface area contributed by atoms with Crippen molar-refractivity contribution in [3.8, 4) is 0 Å². The summed E-state index contributed by atoms with van der Waals surface area (Å²) in [5.41, 5.74) is 0. The zero-order valence-corrected chi connectivity index (χ0v) is 8.61. The molecule has 1 fully saturated rings. The first-order valence-electron chi connectivity index (χ1n) is 4.98. The molecule has 0 saturated carbocycles. The third-order valence-electron chi connectivity index (χ3n) is 2.49. The van der Waals surface area contributed by atoms with E-state index in [1.54, 1.807) is 0 Å². The summed E-state index contributed by atoms with van der Waals surface area (Å²) >= 11 is 0. The summed E-state index contributed by atoms with van der Waals surface area (Å²) < 4.78 is 4.90. The molecule has 94 valence electrons. The number of rotatable bonds is 4. The molecule has 16 heavy (non-hydrogen) atoms. The molecular weight excluding hydrogens is 220 g/mol. The highest BCUT2D eigenvalue weighted by atomic mass is 16.7. The van der Waals surface area contributed by atoms with E-state index in [4.69, 9.17) is 20.1 Å². The van der Waals surface area contributed by atoms with Crippen LogP contribution in [0.1, 0.15) is 19.3 Å². The normalized spacial score (nSPS) is 37.0. The molecule has 1 saturated heterocycles. The molecule has 0 amide bonds. The van der Waals surface area contributed by atoms with E-state index in [2.05, 4.69) is 0 Å². The fraction of sp³-hybridized carbons (Fsp3) is 0.889. The van der Waals surface area contributed by atoms with Gasteiger partial charge >= 0.3 is 5.97 Å². The number of carboxylic acids is 1. The second-order valence-corrected chi connectivity index (χ2v) is 4.00. The molecule has 0 unspecified atom stereocenters. The first kappa shape index (κ1) is 13.3. The molecule has 0 aliphatic carbocycles. The maximum atomic E-state index is 10.7. The van der Waals surface area contributed by atoms with Gasteiger partial charge < -0.3 is 30.3 Å². The molecule has 5 N–H and O–H groups in total. The Balaban J connectivity index is 2.64. The number of ether oxygens (including phenoxy) is 1. The van der Waals surface area contributed by atoms with Crippen molar-refractivity contribution in [2.45, 2.75) is 43.4 Å². The molecule has 1 heterocycles. The Morgan fingerprint density at radius 3 is 2.69 bits per heavy atom. The lowest BCUT2D eigenvalue weighted by atomic mass is 9.95. The molecule has 0 spiro atoms. The fourth-order valence-electron chi connectivity index (χ4n) is 1.74. The van der Waals surface area contributed by atoms with Crippen LogP contribution in [0.5, 0.6) is 0 Å². The van der Waals surface area contributed by atoms with E-state index in [1.807, 2.05) is 0 Å². The topological polar surface area (TPSA) is 127 Å². The molecule has 0 bridgehead atoms. The summed E-state index contributed by atoms with van der Waals surface area (Å²) in [5, 5.41) is 45.5. The minimum atomic E-state index is -2.42. The van der Waals surface area contributed by atoms with Crippen molar-refractivity contribution in [1.29, 1.82) is 0 Å². The molecule has 0 radical (unpaired) electrons. The highest BCUT2D eigenvalue weighted by molar-refractivity contribution is 5.75. The van der Waals surface area contributed by atoms with Crippen LogP contribution in [0.25, 0.3) is 0 Å². The number of hydrogen-bond donors (Lipinski definition) is 5. The fourth-order valence-corrected chi connectivity index (χ4v) is 1.74. The summed E-state index contributed by atoms with van der Waals surface area (Å²) in [4.78, 5) is 10.7. The highest BCUT2D eigenvalue weighted by Gasteiger charge is 2.46. The molecule has 0 aromatic rings. The van der Waals surface area contributed by atoms with Gasteiger partial charge in [-0.3, -0.25) is 0 Å². The molecule has 0 aromatic carbocycles. The predicted octanol–water partition coefficient (Wildman–Crippen LogP) is -1.96. The second kappa shape index (κ2) is 5.07. The van der Waals surface area contributed by atoms with Crippen LogP contribution < -0.4 is 0 Å². The minimum absolute atomic E-state index is 0.0385. The monoisotopic (exact) mass is 236 g/mol. The first-order valence-corrected chi connectivity index (χ1v) is 4.98. The second-order valence-electron chi connectivity index (χ2n) is 4.00. The predicted molar refractivity (Wildman–Crippen MR) is 50.4 cm³/mol. The zero-order chi connectivity index (χ0) is 12.3. The van der Waals surface area contributed by atoms with Gasteiger partial charge in [-0.05, 0) is 6.42 Å². The maximum Gasteiger partial charge on any atom is 0.364 e. The third kappa shape index (κ3) is 3.13. The van der Waals surface area contributed by atoms with Crippen molar-refractivity contribution in [2.24, 2.45) is 0 Å². The number of aliphatic hydroxyl groups excluding tert-OH is 3. The Morgan fingerprint density at radius 1 is 1.56 bits per heavy atom. The van der Waals surface area contributed by atoms with Crippen LogP contribution in [-0.4, -0.2) is 62.2 Å². The van der Waals surface area contributed by atoms with Gasteiger partial charge in [-0.2, -0.15) is 0 Å². The number of carboxylic acid groups (broad SMARTS) is 1. The number of hydrogen-bond acceptors (Lipinski definition) is 6. The highest BCUT2D eigenvalue weighted by Crippen LogP contribution is 2.29. The van der Waals surface area contributed by atoms with Gasteiger partial charge in [0.05, 0.1) is 24.9 Å². The maximum absolute atomic E-state index is 10.7. The lowest BCUT2D eigenvalue weighted by Gasteiger charge is -2.37. The molecule has 7 nitrogen and oxygen atoms in total. The van der Waals surface area contributed by atoms with E-state index in [9.17, 15) is 15.0 Å². The molecule has 0 aromatic heterocycles. The van der Waals surface area contributed by atoms with Crippen molar-refractivity contribution in [3.63, 3.8) is 0 Å². The summed E-state index contributed by atoms with van der Waals surface area (Å²) in [7, 11) is 0. The van der Waals surface area contributed by atoms with E-state index in [1.165, 1.54) is 0 Å². The van der Waals surface area contributed by atoms with E-state index < -0.39 is 43.1 Å². The summed E-state index contributed by atoms with van der Waals surface area (Å²) in [6.45, 7) is -0.485. The Labute approximate surface area is 91.9 Å². The van der Waals surface area contributed by atoms with Crippen LogP contribution in [-0.2, 0) is 9.53 Å². The van der Waals surface area contributed by atoms with Crippen molar-refractivity contribution in [3.05, 3.63) is 0 Å². The Morgan fingerprint density at radius 2 is 2.19 bits per heavy atom. The van der Waals surface area contributed by atoms with E-state index >= 15 is 0 Å². The number of carbonyl (C=O) groups is 1. The number of aliphatic carboxylic acids is 1. The largest absolute Gasteiger partial charge is 0.477 e. The van der Waals surface area contributed by atoms with Crippen LogP contribution in [0.3, 0.4) is 0 Å². The van der Waals surface area contributed by atoms with Crippen LogP contribution in [0, 0.1) is 0 Å². The third-order valence-corrected chi connectivity index (χ3v) is 2.49. The van der Waals surface area contributed by atoms with Gasteiger partial charge in [-0.25, -0.2) is 4.79 Å². The lowest BCUT2D eigenvalue weighted by molar-refractivity contribution is -0.273. The van der Waals surface area contributed by atoms with Gasteiger partial charge in [-0.1, -0.05) is 0 Å². The lowest BCUT2D eigenvalue weighted by Crippen LogP contribution is -2.52. The van der Waals surface area contributed by atoms with Gasteiger partial charge in [0.2, 0.25) is 0 Å². The van der Waals surface area contributed by atoms with Crippen molar-refractivity contribution >= 4 is 5.97 Å². The standard InChI is InChI=1S/C9H16O7/c10-4-6(12)2-7-1-5(11)3-9(15,16-7)8(13)14/h5-7,10-12,15H,1-4H2,(H,13,14)/t5-,6-,7-,9+/m0/s1. The van der Waals surface area contributed by atoms with E-state index in [0.29, 0.717) is 0 Å². The van der Waals surface area contributed by atoms with Gasteiger partial charge in [0.25, 0.3) is 5.79 Å². The molecule has 7 heteroatoms.